The van der Waals surface area contributed by atoms with Crippen LogP contribution >= 0.6 is 0 Å². The topological polar surface area (TPSA) is 55.8 Å². The van der Waals surface area contributed by atoms with E-state index in [1.54, 1.807) is 0 Å². The molecule has 5 nitrogen and oxygen atoms in total. The highest BCUT2D eigenvalue weighted by atomic mass is 28.4. The van der Waals surface area contributed by atoms with E-state index in [4.69, 9.17) is 9.16 Å². The Morgan fingerprint density at radius 1 is 1.28 bits per heavy atom. The number of imide groups is 1. The molecule has 1 saturated carbocycles. The quantitative estimate of drug-likeness (QED) is 0.623. The number of amides is 2. The fourth-order valence-corrected chi connectivity index (χ4v) is 5.41. The molecule has 2 fully saturated rings. The molecule has 2 aliphatic rings. The van der Waals surface area contributed by atoms with Crippen LogP contribution in [0.4, 0.5) is 4.79 Å². The second-order valence-corrected chi connectivity index (χ2v) is 13.3. The number of nitrogens with zero attached hydrogens (tertiary/aromatic N) is 1. The minimum absolute atomic E-state index is 0.0711. The zero-order valence-corrected chi connectivity index (χ0v) is 17.7. The van der Waals surface area contributed by atoms with E-state index < -0.39 is 14.4 Å². The second-order valence-electron chi connectivity index (χ2n) is 8.84. The highest BCUT2D eigenvalue weighted by molar-refractivity contribution is 6.69. The summed E-state index contributed by atoms with van der Waals surface area (Å²) in [5, 5.41) is 0. The number of carbonyl (C=O) groups is 2. The molecule has 1 aliphatic heterocycles. The first-order valence-corrected chi connectivity index (χ1v) is 13.2. The van der Waals surface area contributed by atoms with Gasteiger partial charge >= 0.3 is 6.09 Å². The van der Waals surface area contributed by atoms with Crippen molar-refractivity contribution in [1.82, 2.24) is 4.90 Å². The SMILES string of the molecule is CC[C@@H](O[Si](C)(C)C)[C@H](C(=O)N1C(=O)OCC1C(C)C)C1CCCC1. The average Bonchev–Trinajstić information content (AvgIpc) is 3.14. The molecule has 2 amide bonds. The van der Waals surface area contributed by atoms with Gasteiger partial charge in [0.05, 0.1) is 18.1 Å². The van der Waals surface area contributed by atoms with E-state index in [1.807, 2.05) is 13.8 Å². The zero-order chi connectivity index (χ0) is 18.8. The molecule has 2 rings (SSSR count). The van der Waals surface area contributed by atoms with Gasteiger partial charge < -0.3 is 9.16 Å². The van der Waals surface area contributed by atoms with Gasteiger partial charge in [0, 0.05) is 0 Å². The smallest absolute Gasteiger partial charge is 0.416 e. The molecule has 6 heteroatoms. The summed E-state index contributed by atoms with van der Waals surface area (Å²) in [4.78, 5) is 27.2. The molecular formula is C19H35NO4Si. The summed E-state index contributed by atoms with van der Waals surface area (Å²) in [5.74, 6) is 0.206. The molecule has 1 saturated heterocycles. The number of ether oxygens (including phenoxy) is 1. The summed E-state index contributed by atoms with van der Waals surface area (Å²) in [6.07, 6.45) is 4.64. The van der Waals surface area contributed by atoms with Crippen LogP contribution in [0.25, 0.3) is 0 Å². The van der Waals surface area contributed by atoms with Gasteiger partial charge in [-0.15, -0.1) is 0 Å². The number of hydrogen-bond acceptors (Lipinski definition) is 4. The maximum Gasteiger partial charge on any atom is 0.416 e. The molecule has 1 unspecified atom stereocenters. The molecule has 3 atom stereocenters. The first kappa shape index (κ1) is 20.4. The van der Waals surface area contributed by atoms with Crippen LogP contribution in [-0.2, 0) is 14.0 Å². The number of rotatable bonds is 7. The second kappa shape index (κ2) is 8.21. The molecule has 0 radical (unpaired) electrons. The molecule has 0 spiro atoms. The van der Waals surface area contributed by atoms with Crippen molar-refractivity contribution in [2.45, 2.75) is 84.7 Å². The minimum Gasteiger partial charge on any atom is -0.447 e. The van der Waals surface area contributed by atoms with Crippen LogP contribution in [0, 0.1) is 17.8 Å². The molecule has 0 bridgehead atoms. The lowest BCUT2D eigenvalue weighted by Gasteiger charge is -2.37. The fraction of sp³-hybridized carbons (Fsp3) is 0.895. The van der Waals surface area contributed by atoms with Gasteiger partial charge in [-0.25, -0.2) is 9.69 Å². The van der Waals surface area contributed by atoms with Gasteiger partial charge in [0.1, 0.15) is 6.61 Å². The van der Waals surface area contributed by atoms with Crippen LogP contribution in [0.5, 0.6) is 0 Å². The largest absolute Gasteiger partial charge is 0.447 e. The summed E-state index contributed by atoms with van der Waals surface area (Å²) in [6, 6.07) is -0.159. The Bertz CT molecular complexity index is 482. The van der Waals surface area contributed by atoms with E-state index in [1.165, 1.54) is 4.90 Å². The monoisotopic (exact) mass is 369 g/mol. The number of cyclic esters (lactones) is 1. The Hall–Kier alpha value is -0.883. The molecule has 25 heavy (non-hydrogen) atoms. The van der Waals surface area contributed by atoms with Gasteiger partial charge in [-0.05, 0) is 50.7 Å². The molecule has 0 aromatic carbocycles. The molecule has 0 aromatic heterocycles. The van der Waals surface area contributed by atoms with Crippen LogP contribution < -0.4 is 0 Å². The van der Waals surface area contributed by atoms with Gasteiger partial charge in [-0.3, -0.25) is 4.79 Å². The third-order valence-corrected chi connectivity index (χ3v) is 6.42. The van der Waals surface area contributed by atoms with Gasteiger partial charge in [0.15, 0.2) is 8.32 Å². The van der Waals surface area contributed by atoms with Gasteiger partial charge in [0.2, 0.25) is 5.91 Å². The van der Waals surface area contributed by atoms with E-state index in [0.717, 1.165) is 32.1 Å². The van der Waals surface area contributed by atoms with Crippen molar-refractivity contribution >= 4 is 20.3 Å². The number of hydrogen-bond donors (Lipinski definition) is 0. The highest BCUT2D eigenvalue weighted by Crippen LogP contribution is 2.38. The normalized spacial score (nSPS) is 24.7. The van der Waals surface area contributed by atoms with Crippen molar-refractivity contribution in [3.8, 4) is 0 Å². The first-order chi connectivity index (χ1) is 11.7. The third-order valence-electron chi connectivity index (χ3n) is 5.41. The van der Waals surface area contributed by atoms with Crippen LogP contribution in [0.1, 0.15) is 52.9 Å². The Morgan fingerprint density at radius 3 is 2.36 bits per heavy atom. The molecule has 144 valence electrons. The molecule has 0 N–H and O–H groups in total. The van der Waals surface area contributed by atoms with Gasteiger partial charge in [-0.2, -0.15) is 0 Å². The number of carbonyl (C=O) groups excluding carboxylic acids is 2. The Balaban J connectivity index is 2.30. The van der Waals surface area contributed by atoms with E-state index in [0.29, 0.717) is 12.5 Å². The van der Waals surface area contributed by atoms with Crippen molar-refractivity contribution in [3.63, 3.8) is 0 Å². The van der Waals surface area contributed by atoms with Crippen LogP contribution in [0.2, 0.25) is 19.6 Å². The van der Waals surface area contributed by atoms with E-state index in [-0.39, 0.29) is 29.9 Å². The van der Waals surface area contributed by atoms with Gasteiger partial charge in [0.25, 0.3) is 0 Å². The lowest BCUT2D eigenvalue weighted by molar-refractivity contribution is -0.140. The lowest BCUT2D eigenvalue weighted by atomic mass is 9.83. The van der Waals surface area contributed by atoms with E-state index >= 15 is 0 Å². The van der Waals surface area contributed by atoms with Crippen molar-refractivity contribution in [2.24, 2.45) is 17.8 Å². The predicted molar refractivity (Wildman–Crippen MR) is 101 cm³/mol. The zero-order valence-electron chi connectivity index (χ0n) is 16.7. The Labute approximate surface area is 153 Å². The van der Waals surface area contributed by atoms with E-state index in [2.05, 4.69) is 26.6 Å². The lowest BCUT2D eigenvalue weighted by Crippen LogP contribution is -2.51. The summed E-state index contributed by atoms with van der Waals surface area (Å²) in [7, 11) is -1.78. The maximum atomic E-state index is 13.5. The molecule has 1 aliphatic carbocycles. The standard InChI is InChI=1S/C19H35NO4Si/c1-7-16(24-25(4,5)6)17(14-10-8-9-11-14)18(21)20-15(13(2)3)12-23-19(20)22/h13-17H,7-12H2,1-6H3/t15?,16-,17-/m1/s1. The van der Waals surface area contributed by atoms with Crippen LogP contribution in [0.15, 0.2) is 0 Å². The average molecular weight is 370 g/mol. The Kier molecular flexibility index (Phi) is 6.71. The van der Waals surface area contributed by atoms with E-state index in [9.17, 15) is 9.59 Å². The summed E-state index contributed by atoms with van der Waals surface area (Å²) >= 11 is 0. The summed E-state index contributed by atoms with van der Waals surface area (Å²) in [5.41, 5.74) is 0. The van der Waals surface area contributed by atoms with Gasteiger partial charge in [-0.1, -0.05) is 33.6 Å². The minimum atomic E-state index is -1.78. The molecule has 1 heterocycles. The highest BCUT2D eigenvalue weighted by Gasteiger charge is 2.47. The van der Waals surface area contributed by atoms with Crippen molar-refractivity contribution < 1.29 is 18.8 Å². The first-order valence-electron chi connectivity index (χ1n) is 9.83. The molecule has 0 aromatic rings. The predicted octanol–water partition coefficient (Wildman–Crippen LogP) is 4.43. The molecular weight excluding hydrogens is 334 g/mol. The van der Waals surface area contributed by atoms with Crippen molar-refractivity contribution in [3.05, 3.63) is 0 Å². The Morgan fingerprint density at radius 2 is 1.88 bits per heavy atom. The summed E-state index contributed by atoms with van der Waals surface area (Å²) in [6.45, 7) is 12.9. The maximum absolute atomic E-state index is 13.5. The summed E-state index contributed by atoms with van der Waals surface area (Å²) < 4.78 is 11.6. The van der Waals surface area contributed by atoms with Crippen LogP contribution in [-0.4, -0.2) is 44.0 Å². The van der Waals surface area contributed by atoms with Crippen molar-refractivity contribution in [1.29, 1.82) is 0 Å². The van der Waals surface area contributed by atoms with Crippen LogP contribution in [0.3, 0.4) is 0 Å². The fourth-order valence-electron chi connectivity index (χ4n) is 4.19. The van der Waals surface area contributed by atoms with Crippen molar-refractivity contribution in [2.75, 3.05) is 6.61 Å². The third kappa shape index (κ3) is 4.85.